The molecule has 3 rings (SSSR count). The van der Waals surface area contributed by atoms with E-state index in [2.05, 4.69) is 4.98 Å². The third kappa shape index (κ3) is 1.82. The highest BCUT2D eigenvalue weighted by Crippen LogP contribution is 2.37. The lowest BCUT2D eigenvalue weighted by molar-refractivity contribution is -0.235. The number of aliphatic hydroxyl groups is 3. The maximum atomic E-state index is 15.0. The Morgan fingerprint density at radius 1 is 1.67 bits per heavy atom. The Bertz CT molecular complexity index is 848. The van der Waals surface area contributed by atoms with Gasteiger partial charge in [-0.05, 0) is 0 Å². The number of fused-ring (bicyclic) bond motifs is 1. The Balaban J connectivity index is 2.27. The van der Waals surface area contributed by atoms with Gasteiger partial charge in [-0.15, -0.1) is 0 Å². The molecule has 1 aliphatic rings. The molecule has 0 aliphatic carbocycles. The maximum Gasteiger partial charge on any atom is 0.325 e. The first-order valence-electron chi connectivity index (χ1n) is 6.36. The summed E-state index contributed by atoms with van der Waals surface area (Å²) in [5.41, 5.74) is -2.26. The molecule has 21 heavy (non-hydrogen) atoms. The quantitative estimate of drug-likeness (QED) is 0.352. The summed E-state index contributed by atoms with van der Waals surface area (Å²) in [5, 5.41) is 36.0. The molecule has 11 heteroatoms. The molecular formula is C10H12FN5O5. The molecule has 1 aliphatic heterocycles. The lowest BCUT2D eigenvalue weighted by Crippen LogP contribution is -2.42. The van der Waals surface area contributed by atoms with Crippen LogP contribution in [0, 0.1) is 5.41 Å². The van der Waals surface area contributed by atoms with E-state index in [9.17, 15) is 15.0 Å². The average Bonchev–Trinajstić information content (AvgIpc) is 3.02. The molecule has 4 atom stereocenters. The smallest absolute Gasteiger partial charge is 0.325 e. The van der Waals surface area contributed by atoms with E-state index < -0.39 is 47.7 Å². The zero-order chi connectivity index (χ0) is 16.2. The van der Waals surface area contributed by atoms with Gasteiger partial charge in [-0.3, -0.25) is 19.8 Å². The van der Waals surface area contributed by atoms with Crippen molar-refractivity contribution < 1.29 is 25.9 Å². The largest absolute Gasteiger partial charge is 0.394 e. The van der Waals surface area contributed by atoms with E-state index >= 15 is 4.39 Å². The first-order valence-corrected chi connectivity index (χ1v) is 5.91. The Morgan fingerprint density at radius 2 is 2.38 bits per heavy atom. The Hall–Kier alpha value is -2.08. The number of imidazole rings is 1. The van der Waals surface area contributed by atoms with Crippen molar-refractivity contribution in [1.29, 1.82) is 5.41 Å². The van der Waals surface area contributed by atoms with Crippen molar-refractivity contribution >= 4 is 11.2 Å². The molecule has 0 saturated carbocycles. The van der Waals surface area contributed by atoms with Crippen molar-refractivity contribution in [1.82, 2.24) is 19.5 Å². The van der Waals surface area contributed by atoms with E-state index in [0.29, 0.717) is 9.54 Å². The van der Waals surface area contributed by atoms with E-state index in [1.165, 1.54) is 0 Å². The monoisotopic (exact) mass is 302 g/mol. The zero-order valence-corrected chi connectivity index (χ0v) is 10.4. The van der Waals surface area contributed by atoms with Crippen LogP contribution in [0.15, 0.2) is 11.1 Å². The van der Waals surface area contributed by atoms with Gasteiger partial charge >= 0.3 is 5.98 Å². The second-order valence-electron chi connectivity index (χ2n) is 4.58. The minimum Gasteiger partial charge on any atom is -0.394 e. The number of ether oxygens (including phenoxy) is 1. The van der Waals surface area contributed by atoms with Crippen molar-refractivity contribution in [2.45, 2.75) is 24.3 Å². The molecule has 0 radical (unpaired) electrons. The van der Waals surface area contributed by atoms with Gasteiger partial charge in [-0.1, -0.05) is 0 Å². The maximum absolute atomic E-state index is 15.0. The van der Waals surface area contributed by atoms with Gasteiger partial charge in [-0.25, -0.2) is 4.98 Å². The first-order chi connectivity index (χ1) is 10.3. The molecular weight excluding hydrogens is 289 g/mol. The van der Waals surface area contributed by atoms with Crippen LogP contribution in [0.5, 0.6) is 0 Å². The number of hydrogen-bond acceptors (Lipinski definition) is 7. The molecule has 10 nitrogen and oxygen atoms in total. The second kappa shape index (κ2) is 4.46. The molecule has 114 valence electrons. The lowest BCUT2D eigenvalue weighted by Gasteiger charge is -2.24. The summed E-state index contributed by atoms with van der Waals surface area (Å²) in [7, 11) is 0. The van der Waals surface area contributed by atoms with Crippen LogP contribution in [0.4, 0.5) is 4.39 Å². The van der Waals surface area contributed by atoms with Crippen molar-refractivity contribution in [3.05, 3.63) is 22.3 Å². The van der Waals surface area contributed by atoms with Crippen LogP contribution in [0.3, 0.4) is 0 Å². The van der Waals surface area contributed by atoms with Gasteiger partial charge in [0, 0.05) is 0 Å². The minimum atomic E-state index is -3.05. The number of hydrogen-bond donors (Lipinski definition) is 6. The number of aliphatic hydroxyl groups excluding tert-OH is 3. The topological polar surface area (TPSA) is 160 Å². The molecule has 2 aromatic heterocycles. The minimum absolute atomic E-state index is 0.347. The predicted molar refractivity (Wildman–Crippen MR) is 63.6 cm³/mol. The van der Waals surface area contributed by atoms with E-state index in [1.54, 1.807) is 0 Å². The Labute approximate surface area is 116 Å². The number of alkyl halides is 1. The van der Waals surface area contributed by atoms with E-state index in [1.807, 2.05) is 4.98 Å². The fourth-order valence-corrected chi connectivity index (χ4v) is 2.24. The van der Waals surface area contributed by atoms with Crippen LogP contribution in [-0.2, 0) is 10.7 Å². The lowest BCUT2D eigenvalue weighted by atomic mass is 10.1. The van der Waals surface area contributed by atoms with Crippen LogP contribution in [0.1, 0.15) is 0 Å². The number of H-pyrrole nitrogens is 2. The SMILES string of the molecule is [2H]n1c(=N)[nH]c(=O)c2ncn([C@]3(F)O[C@H](CO)[C@@H](O)[C@H]3O)c21. The highest BCUT2D eigenvalue weighted by molar-refractivity contribution is 5.69. The number of nitrogens with one attached hydrogen (secondary N) is 3. The molecule has 0 aromatic carbocycles. The highest BCUT2D eigenvalue weighted by atomic mass is 19.2. The molecule has 0 bridgehead atoms. The molecule has 2 aromatic rings. The molecule has 0 spiro atoms. The summed E-state index contributed by atoms with van der Waals surface area (Å²) in [5.74, 6) is -3.05. The molecule has 1 saturated heterocycles. The highest BCUT2D eigenvalue weighted by Gasteiger charge is 2.57. The third-order valence-corrected chi connectivity index (χ3v) is 3.30. The van der Waals surface area contributed by atoms with Crippen LogP contribution >= 0.6 is 0 Å². The summed E-state index contributed by atoms with van der Waals surface area (Å²) in [6.07, 6.45) is -4.39. The van der Waals surface area contributed by atoms with Gasteiger partial charge in [0.1, 0.15) is 18.5 Å². The standard InChI is InChI=1S/C10H12FN5O5/c11-10(6(19)5(18)3(1-17)21-10)16-2-13-4-7(16)14-9(12)15-8(4)20/h2-3,5-6,17-19H,1H2,(H3,12,14,15,20)/t3-,5-,6-,10+/m1/s1/i/hD. The summed E-state index contributed by atoms with van der Waals surface area (Å²) >= 11 is 0. The van der Waals surface area contributed by atoms with E-state index in [-0.39, 0.29) is 5.52 Å². The van der Waals surface area contributed by atoms with Gasteiger partial charge in [-0.2, -0.15) is 4.39 Å². The van der Waals surface area contributed by atoms with Gasteiger partial charge in [0.05, 0.1) is 6.61 Å². The Morgan fingerprint density at radius 3 is 3.00 bits per heavy atom. The molecule has 0 amide bonds. The van der Waals surface area contributed by atoms with Crippen LogP contribution in [0.2, 0.25) is 1.41 Å². The van der Waals surface area contributed by atoms with Gasteiger partial charge in [0.2, 0.25) is 5.62 Å². The van der Waals surface area contributed by atoms with Crippen LogP contribution in [0.25, 0.3) is 11.2 Å². The fourth-order valence-electron chi connectivity index (χ4n) is 2.24. The van der Waals surface area contributed by atoms with Crippen LogP contribution < -0.4 is 11.2 Å². The molecule has 0 unspecified atom stereocenters. The van der Waals surface area contributed by atoms with Gasteiger partial charge in [0.25, 0.3) is 5.56 Å². The van der Waals surface area contributed by atoms with Crippen molar-refractivity contribution in [2.24, 2.45) is 0 Å². The summed E-state index contributed by atoms with van der Waals surface area (Å²) in [6.45, 7) is -0.748. The number of aromatic nitrogens is 4. The number of halogens is 1. The summed E-state index contributed by atoms with van der Waals surface area (Å²) < 4.78 is 28.1. The zero-order valence-electron chi connectivity index (χ0n) is 11.4. The fraction of sp³-hybridized carbons (Fsp3) is 0.500. The Kier molecular flexibility index (Phi) is 2.68. The number of nitrogens with zero attached hydrogens (tertiary/aromatic N) is 2. The second-order valence-corrected chi connectivity index (χ2v) is 4.58. The molecule has 1 fully saturated rings. The van der Waals surface area contributed by atoms with Gasteiger partial charge in [0.15, 0.2) is 18.7 Å². The molecule has 3 heterocycles. The van der Waals surface area contributed by atoms with E-state index in [0.717, 1.165) is 6.33 Å². The van der Waals surface area contributed by atoms with Crippen LogP contribution in [-0.4, -0.2) is 59.8 Å². The predicted octanol–water partition coefficient (Wildman–Crippen LogP) is -2.78. The first kappa shape index (κ1) is 12.6. The van der Waals surface area contributed by atoms with Crippen molar-refractivity contribution in [2.75, 3.05) is 6.61 Å². The molecule has 6 N–H and O–H groups in total. The average molecular weight is 302 g/mol. The van der Waals surface area contributed by atoms with Crippen molar-refractivity contribution in [3.63, 3.8) is 0 Å². The third-order valence-electron chi connectivity index (χ3n) is 3.30. The summed E-state index contributed by atoms with van der Waals surface area (Å²) in [4.78, 5) is 17.7. The normalized spacial score (nSPS) is 33.5. The number of aromatic amines is 2. The summed E-state index contributed by atoms with van der Waals surface area (Å²) in [6, 6.07) is 0. The number of rotatable bonds is 2. The van der Waals surface area contributed by atoms with Gasteiger partial charge < -0.3 is 25.0 Å². The van der Waals surface area contributed by atoms with E-state index in [4.69, 9.17) is 16.7 Å². The van der Waals surface area contributed by atoms with Crippen molar-refractivity contribution in [3.8, 4) is 0 Å².